The molecule has 0 bridgehead atoms. The van der Waals surface area contributed by atoms with Crippen LogP contribution in [0.2, 0.25) is 0 Å². The van der Waals surface area contributed by atoms with E-state index in [-0.39, 0.29) is 11.8 Å². The van der Waals surface area contributed by atoms with E-state index in [1.165, 1.54) is 11.3 Å². The average molecular weight is 434 g/mol. The van der Waals surface area contributed by atoms with E-state index < -0.39 is 6.04 Å². The van der Waals surface area contributed by atoms with Crippen LogP contribution in [0.4, 0.5) is 5.69 Å². The summed E-state index contributed by atoms with van der Waals surface area (Å²) in [7, 11) is 0. The normalized spacial score (nSPS) is 11.8. The zero-order chi connectivity index (χ0) is 21.6. The molecule has 0 fully saturated rings. The van der Waals surface area contributed by atoms with Gasteiger partial charge in [0, 0.05) is 29.2 Å². The third kappa shape index (κ3) is 4.95. The number of aromatic nitrogens is 1. The van der Waals surface area contributed by atoms with Crippen LogP contribution in [0.25, 0.3) is 10.9 Å². The molecule has 0 aliphatic heterocycles. The Morgan fingerprint density at radius 1 is 1.06 bits per heavy atom. The van der Waals surface area contributed by atoms with Crippen molar-refractivity contribution in [2.45, 2.75) is 19.4 Å². The van der Waals surface area contributed by atoms with Crippen LogP contribution in [-0.4, -0.2) is 29.4 Å². The summed E-state index contributed by atoms with van der Waals surface area (Å²) in [5.74, 6) is 0.197. The lowest BCUT2D eigenvalue weighted by Crippen LogP contribution is -2.45. The van der Waals surface area contributed by atoms with Gasteiger partial charge in [-0.15, -0.1) is 11.3 Å². The predicted molar refractivity (Wildman–Crippen MR) is 124 cm³/mol. The zero-order valence-electron chi connectivity index (χ0n) is 17.1. The second-order valence-corrected chi connectivity index (χ2v) is 7.96. The third-order valence-corrected chi connectivity index (χ3v) is 5.77. The highest BCUT2D eigenvalue weighted by Crippen LogP contribution is 2.21. The number of carbonyl (C=O) groups excluding carboxylic acids is 2. The molecule has 158 valence electrons. The molecular formula is C24H23N3O3S. The van der Waals surface area contributed by atoms with Crippen LogP contribution in [0.1, 0.15) is 22.2 Å². The highest BCUT2D eigenvalue weighted by molar-refractivity contribution is 7.12. The lowest BCUT2D eigenvalue weighted by Gasteiger charge is -2.18. The number of para-hydroxylation sites is 1. The Morgan fingerprint density at radius 2 is 1.87 bits per heavy atom. The van der Waals surface area contributed by atoms with Crippen molar-refractivity contribution in [3.63, 3.8) is 0 Å². The van der Waals surface area contributed by atoms with Gasteiger partial charge in [0.2, 0.25) is 5.91 Å². The van der Waals surface area contributed by atoms with Crippen molar-refractivity contribution in [3.8, 4) is 5.75 Å². The van der Waals surface area contributed by atoms with E-state index in [1.807, 2.05) is 48.8 Å². The lowest BCUT2D eigenvalue weighted by atomic mass is 10.0. The van der Waals surface area contributed by atoms with Gasteiger partial charge in [0.1, 0.15) is 11.8 Å². The molecule has 2 aromatic heterocycles. The van der Waals surface area contributed by atoms with E-state index in [0.717, 1.165) is 22.2 Å². The summed E-state index contributed by atoms with van der Waals surface area (Å²) in [6, 6.07) is 17.9. The van der Waals surface area contributed by atoms with Gasteiger partial charge in [-0.05, 0) is 54.3 Å². The van der Waals surface area contributed by atoms with E-state index in [4.69, 9.17) is 4.74 Å². The Kier molecular flexibility index (Phi) is 6.33. The summed E-state index contributed by atoms with van der Waals surface area (Å²) < 4.78 is 5.45. The molecule has 0 radical (unpaired) electrons. The van der Waals surface area contributed by atoms with E-state index >= 15 is 0 Å². The Bertz CT molecular complexity index is 1170. The van der Waals surface area contributed by atoms with Gasteiger partial charge in [0.05, 0.1) is 11.5 Å². The molecule has 0 saturated carbocycles. The van der Waals surface area contributed by atoms with Crippen molar-refractivity contribution < 1.29 is 14.3 Å². The first-order valence-electron chi connectivity index (χ1n) is 10.1. The Labute approximate surface area is 184 Å². The molecule has 4 rings (SSSR count). The van der Waals surface area contributed by atoms with Crippen molar-refractivity contribution in [1.82, 2.24) is 10.3 Å². The molecule has 2 aromatic carbocycles. The first kappa shape index (κ1) is 20.7. The standard InChI is InChI=1S/C24H23N3O3S/c1-2-30-18-11-9-17(10-12-18)26-23(28)21(27-24(29)22-8-5-13-31-22)14-16-15-25-20-7-4-3-6-19(16)20/h3-13,15,21,25H,2,14H2,1H3,(H,26,28)(H,27,29)/t21-/m0/s1. The van der Waals surface area contributed by atoms with Crippen LogP contribution < -0.4 is 15.4 Å². The van der Waals surface area contributed by atoms with Crippen LogP contribution in [0.5, 0.6) is 5.75 Å². The van der Waals surface area contributed by atoms with E-state index in [2.05, 4.69) is 15.6 Å². The van der Waals surface area contributed by atoms with Crippen molar-refractivity contribution >= 4 is 39.7 Å². The Balaban J connectivity index is 1.54. The van der Waals surface area contributed by atoms with Gasteiger partial charge < -0.3 is 20.4 Å². The molecule has 0 saturated heterocycles. The number of rotatable bonds is 8. The van der Waals surface area contributed by atoms with Gasteiger partial charge in [-0.2, -0.15) is 0 Å². The summed E-state index contributed by atoms with van der Waals surface area (Å²) in [6.45, 7) is 2.49. The van der Waals surface area contributed by atoms with Crippen molar-refractivity contribution in [1.29, 1.82) is 0 Å². The maximum atomic E-state index is 13.1. The maximum absolute atomic E-state index is 13.1. The van der Waals surface area contributed by atoms with Crippen molar-refractivity contribution in [3.05, 3.63) is 82.7 Å². The molecule has 0 aliphatic rings. The van der Waals surface area contributed by atoms with E-state index in [0.29, 0.717) is 23.6 Å². The second kappa shape index (κ2) is 9.49. The number of amides is 2. The number of H-pyrrole nitrogens is 1. The maximum Gasteiger partial charge on any atom is 0.262 e. The molecule has 7 heteroatoms. The highest BCUT2D eigenvalue weighted by atomic mass is 32.1. The second-order valence-electron chi connectivity index (χ2n) is 7.01. The SMILES string of the molecule is CCOc1ccc(NC(=O)[C@H](Cc2c[nH]c3ccccc23)NC(=O)c2cccs2)cc1. The molecule has 3 N–H and O–H groups in total. The zero-order valence-corrected chi connectivity index (χ0v) is 17.9. The average Bonchev–Trinajstić information content (AvgIpc) is 3.45. The monoisotopic (exact) mass is 433 g/mol. The number of carbonyl (C=O) groups is 2. The topological polar surface area (TPSA) is 83.2 Å². The number of aromatic amines is 1. The third-order valence-electron chi connectivity index (χ3n) is 4.90. The van der Waals surface area contributed by atoms with Crippen LogP contribution in [0, 0.1) is 0 Å². The summed E-state index contributed by atoms with van der Waals surface area (Å²) in [6.07, 6.45) is 2.25. The molecular weight excluding hydrogens is 410 g/mol. The number of ether oxygens (including phenoxy) is 1. The fourth-order valence-corrected chi connectivity index (χ4v) is 4.02. The lowest BCUT2D eigenvalue weighted by molar-refractivity contribution is -0.118. The minimum Gasteiger partial charge on any atom is -0.494 e. The number of anilines is 1. The fraction of sp³-hybridized carbons (Fsp3) is 0.167. The molecule has 0 spiro atoms. The Morgan fingerprint density at radius 3 is 2.61 bits per heavy atom. The van der Waals surface area contributed by atoms with Gasteiger partial charge in [-0.25, -0.2) is 0 Å². The van der Waals surface area contributed by atoms with E-state index in [9.17, 15) is 9.59 Å². The molecule has 2 heterocycles. The summed E-state index contributed by atoms with van der Waals surface area (Å²) in [4.78, 5) is 29.6. The van der Waals surface area contributed by atoms with Crippen molar-refractivity contribution in [2.75, 3.05) is 11.9 Å². The molecule has 4 aromatic rings. The molecule has 2 amide bonds. The fourth-order valence-electron chi connectivity index (χ4n) is 3.40. The molecule has 6 nitrogen and oxygen atoms in total. The smallest absolute Gasteiger partial charge is 0.262 e. The van der Waals surface area contributed by atoms with Crippen LogP contribution >= 0.6 is 11.3 Å². The summed E-state index contributed by atoms with van der Waals surface area (Å²) >= 11 is 1.34. The number of benzene rings is 2. The Hall–Kier alpha value is -3.58. The minimum absolute atomic E-state index is 0.262. The van der Waals surface area contributed by atoms with Gasteiger partial charge >= 0.3 is 0 Å². The number of nitrogens with one attached hydrogen (secondary N) is 3. The minimum atomic E-state index is -0.736. The van der Waals surface area contributed by atoms with Crippen LogP contribution in [0.15, 0.2) is 72.2 Å². The number of hydrogen-bond acceptors (Lipinski definition) is 4. The van der Waals surface area contributed by atoms with Gasteiger partial charge in [-0.1, -0.05) is 24.3 Å². The number of fused-ring (bicyclic) bond motifs is 1. The molecule has 0 aliphatic carbocycles. The van der Waals surface area contributed by atoms with Crippen LogP contribution in [-0.2, 0) is 11.2 Å². The van der Waals surface area contributed by atoms with Crippen molar-refractivity contribution in [2.24, 2.45) is 0 Å². The highest BCUT2D eigenvalue weighted by Gasteiger charge is 2.24. The summed E-state index contributed by atoms with van der Waals surface area (Å²) in [5.41, 5.74) is 2.60. The van der Waals surface area contributed by atoms with Gasteiger partial charge in [0.25, 0.3) is 5.91 Å². The van der Waals surface area contributed by atoms with E-state index in [1.54, 1.807) is 30.3 Å². The first-order chi connectivity index (χ1) is 15.1. The van der Waals surface area contributed by atoms with Gasteiger partial charge in [0.15, 0.2) is 0 Å². The largest absolute Gasteiger partial charge is 0.494 e. The predicted octanol–water partition coefficient (Wildman–Crippen LogP) is 4.61. The van der Waals surface area contributed by atoms with Crippen LogP contribution in [0.3, 0.4) is 0 Å². The quantitative estimate of drug-likeness (QED) is 0.380. The first-order valence-corrected chi connectivity index (χ1v) is 10.9. The molecule has 0 unspecified atom stereocenters. The molecule has 31 heavy (non-hydrogen) atoms. The summed E-state index contributed by atoms with van der Waals surface area (Å²) in [5, 5.41) is 8.67. The number of hydrogen-bond donors (Lipinski definition) is 3. The number of thiophene rings is 1. The van der Waals surface area contributed by atoms with Gasteiger partial charge in [-0.3, -0.25) is 9.59 Å². The molecule has 1 atom stereocenters.